The molecule has 0 heterocycles. The van der Waals surface area contributed by atoms with Crippen LogP contribution in [0.2, 0.25) is 0 Å². The van der Waals surface area contributed by atoms with Crippen LogP contribution in [0.5, 0.6) is 0 Å². The average molecular weight is 328 g/mol. The third-order valence-electron chi connectivity index (χ3n) is 2.44. The maximum atomic E-state index is 12.0. The summed E-state index contributed by atoms with van der Waals surface area (Å²) in [6.07, 6.45) is 0. The molecule has 3 N–H and O–H groups in total. The second-order valence-electron chi connectivity index (χ2n) is 4.00. The second-order valence-corrected chi connectivity index (χ2v) is 6.89. The van der Waals surface area contributed by atoms with Crippen molar-refractivity contribution < 1.29 is 21.6 Å². The Kier molecular flexibility index (Phi) is 5.87. The van der Waals surface area contributed by atoms with E-state index in [2.05, 4.69) is 4.72 Å². The van der Waals surface area contributed by atoms with Gasteiger partial charge in [-0.2, -0.15) is 13.2 Å². The molecule has 0 saturated carbocycles. The maximum absolute atomic E-state index is 12.0. The van der Waals surface area contributed by atoms with Crippen LogP contribution < -0.4 is 10.5 Å². The van der Waals surface area contributed by atoms with Crippen molar-refractivity contribution in [3.8, 4) is 0 Å². The number of hydrogen-bond acceptors (Lipinski definition) is 4. The summed E-state index contributed by atoms with van der Waals surface area (Å²) in [5.74, 6) is -0.377. The number of nitrogens with one attached hydrogen (secondary N) is 1. The topological polar surface area (TPSA) is 72.2 Å². The number of aryl methyl sites for hydroxylation is 1. The molecule has 0 aliphatic rings. The van der Waals surface area contributed by atoms with Gasteiger partial charge < -0.3 is 5.73 Å². The highest BCUT2D eigenvalue weighted by Gasteiger charge is 2.27. The van der Waals surface area contributed by atoms with Gasteiger partial charge in [-0.3, -0.25) is 0 Å². The lowest BCUT2D eigenvalue weighted by atomic mass is 10.1. The lowest BCUT2D eigenvalue weighted by Crippen LogP contribution is -2.27. The molecule has 0 atom stereocenters. The van der Waals surface area contributed by atoms with Crippen molar-refractivity contribution in [1.29, 1.82) is 0 Å². The van der Waals surface area contributed by atoms with Crippen LogP contribution >= 0.6 is 11.8 Å². The van der Waals surface area contributed by atoms with Gasteiger partial charge in [0.1, 0.15) is 0 Å². The lowest BCUT2D eigenvalue weighted by molar-refractivity contribution is -0.0327. The van der Waals surface area contributed by atoms with Crippen LogP contribution in [0.15, 0.2) is 23.1 Å². The van der Waals surface area contributed by atoms with E-state index in [1.165, 1.54) is 6.07 Å². The summed E-state index contributed by atoms with van der Waals surface area (Å²) in [5, 5.41) is 0. The molecular weight excluding hydrogens is 313 g/mol. The number of alkyl halides is 3. The van der Waals surface area contributed by atoms with Crippen LogP contribution in [-0.4, -0.2) is 26.2 Å². The smallest absolute Gasteiger partial charge is 0.326 e. The Morgan fingerprint density at radius 1 is 1.35 bits per heavy atom. The van der Waals surface area contributed by atoms with Crippen molar-refractivity contribution in [1.82, 2.24) is 4.72 Å². The number of halogens is 3. The van der Waals surface area contributed by atoms with Crippen LogP contribution in [0.1, 0.15) is 11.1 Å². The highest BCUT2D eigenvalue weighted by atomic mass is 32.2. The average Bonchev–Trinajstić information content (AvgIpc) is 2.34. The fraction of sp³-hybridized carbons (Fsp3) is 0.455. The Balaban J connectivity index is 2.74. The van der Waals surface area contributed by atoms with Crippen LogP contribution in [-0.2, 0) is 16.6 Å². The molecule has 0 saturated heterocycles. The van der Waals surface area contributed by atoms with Gasteiger partial charge in [0.15, 0.2) is 0 Å². The van der Waals surface area contributed by atoms with E-state index in [0.717, 1.165) is 0 Å². The number of sulfonamides is 1. The van der Waals surface area contributed by atoms with E-state index in [4.69, 9.17) is 5.73 Å². The molecule has 20 heavy (non-hydrogen) atoms. The van der Waals surface area contributed by atoms with Crippen LogP contribution in [0.3, 0.4) is 0 Å². The largest absolute Gasteiger partial charge is 0.441 e. The first-order valence-electron chi connectivity index (χ1n) is 5.65. The molecule has 1 aromatic rings. The highest BCUT2D eigenvalue weighted by molar-refractivity contribution is 8.00. The van der Waals surface area contributed by atoms with Crippen LogP contribution in [0.4, 0.5) is 13.2 Å². The van der Waals surface area contributed by atoms with Gasteiger partial charge in [0.2, 0.25) is 10.0 Å². The molecule has 0 radical (unpaired) electrons. The SMILES string of the molecule is Cc1ccc(CN)cc1S(=O)(=O)NCCSC(F)(F)F. The van der Waals surface area contributed by atoms with E-state index in [9.17, 15) is 21.6 Å². The third kappa shape index (κ3) is 5.31. The molecule has 9 heteroatoms. The Hall–Kier alpha value is -0.770. The quantitative estimate of drug-likeness (QED) is 0.783. The summed E-state index contributed by atoms with van der Waals surface area (Å²) >= 11 is -0.266. The van der Waals surface area contributed by atoms with E-state index < -0.39 is 15.5 Å². The molecule has 4 nitrogen and oxygen atoms in total. The molecule has 114 valence electrons. The summed E-state index contributed by atoms with van der Waals surface area (Å²) in [4.78, 5) is 0.0393. The molecule has 0 spiro atoms. The first kappa shape index (κ1) is 17.3. The van der Waals surface area contributed by atoms with Crippen molar-refractivity contribution in [2.75, 3.05) is 12.3 Å². The summed E-state index contributed by atoms with van der Waals surface area (Å²) in [7, 11) is -3.83. The monoisotopic (exact) mass is 328 g/mol. The number of rotatable bonds is 6. The summed E-state index contributed by atoms with van der Waals surface area (Å²) < 4.78 is 62.0. The fourth-order valence-electron chi connectivity index (χ4n) is 1.48. The zero-order chi connectivity index (χ0) is 15.4. The predicted octanol–water partition coefficient (Wildman–Crippen LogP) is 1.99. The minimum absolute atomic E-state index is 0.0393. The fourth-order valence-corrected chi connectivity index (χ4v) is 3.37. The van der Waals surface area contributed by atoms with Gasteiger partial charge in [-0.25, -0.2) is 13.1 Å². The molecule has 1 aromatic carbocycles. The third-order valence-corrected chi connectivity index (χ3v) is 4.78. The first-order valence-corrected chi connectivity index (χ1v) is 8.12. The highest BCUT2D eigenvalue weighted by Crippen LogP contribution is 2.29. The molecule has 0 bridgehead atoms. The molecular formula is C11H15F3N2O2S2. The van der Waals surface area contributed by atoms with Crippen LogP contribution in [0.25, 0.3) is 0 Å². The number of nitrogens with two attached hydrogens (primary N) is 1. The van der Waals surface area contributed by atoms with E-state index >= 15 is 0 Å². The van der Waals surface area contributed by atoms with Gasteiger partial charge in [-0.15, -0.1) is 0 Å². The second kappa shape index (κ2) is 6.79. The molecule has 0 aliphatic heterocycles. The van der Waals surface area contributed by atoms with Crippen molar-refractivity contribution in [2.24, 2.45) is 5.73 Å². The van der Waals surface area contributed by atoms with Gasteiger partial charge in [-0.05, 0) is 35.9 Å². The first-order chi connectivity index (χ1) is 9.15. The zero-order valence-corrected chi connectivity index (χ0v) is 12.3. The van der Waals surface area contributed by atoms with Crippen molar-refractivity contribution in [2.45, 2.75) is 23.9 Å². The number of hydrogen-bond donors (Lipinski definition) is 2. The number of thioether (sulfide) groups is 1. The predicted molar refractivity (Wildman–Crippen MR) is 72.8 cm³/mol. The van der Waals surface area contributed by atoms with E-state index in [-0.39, 0.29) is 35.5 Å². The minimum atomic E-state index is -4.36. The van der Waals surface area contributed by atoms with Gasteiger partial charge in [0.25, 0.3) is 0 Å². The summed E-state index contributed by atoms with van der Waals surface area (Å²) in [5.41, 5.74) is 2.23. The normalized spacial score (nSPS) is 12.7. The van der Waals surface area contributed by atoms with Gasteiger partial charge in [0, 0.05) is 18.8 Å². The Labute approximate surface area is 120 Å². The molecule has 0 unspecified atom stereocenters. The van der Waals surface area contributed by atoms with Gasteiger partial charge in [-0.1, -0.05) is 12.1 Å². The molecule has 0 aromatic heterocycles. The van der Waals surface area contributed by atoms with Crippen molar-refractivity contribution in [3.05, 3.63) is 29.3 Å². The van der Waals surface area contributed by atoms with Crippen molar-refractivity contribution in [3.63, 3.8) is 0 Å². The van der Waals surface area contributed by atoms with Gasteiger partial charge >= 0.3 is 5.51 Å². The van der Waals surface area contributed by atoms with E-state index in [0.29, 0.717) is 11.1 Å². The Morgan fingerprint density at radius 3 is 2.55 bits per heavy atom. The Morgan fingerprint density at radius 2 is 2.00 bits per heavy atom. The summed E-state index contributed by atoms with van der Waals surface area (Å²) in [6, 6.07) is 4.74. The Bertz CT molecular complexity index is 559. The minimum Gasteiger partial charge on any atom is -0.326 e. The number of benzene rings is 1. The molecule has 0 fully saturated rings. The molecule has 1 rings (SSSR count). The standard InChI is InChI=1S/C11H15F3N2O2S2/c1-8-2-3-9(7-15)6-10(8)20(17,18)16-4-5-19-11(12,13)14/h2-3,6,16H,4-5,7,15H2,1H3. The van der Waals surface area contributed by atoms with Crippen LogP contribution in [0, 0.1) is 6.92 Å². The zero-order valence-electron chi connectivity index (χ0n) is 10.7. The maximum Gasteiger partial charge on any atom is 0.441 e. The van der Waals surface area contributed by atoms with Crippen molar-refractivity contribution >= 4 is 21.8 Å². The lowest BCUT2D eigenvalue weighted by Gasteiger charge is -2.11. The van der Waals surface area contributed by atoms with E-state index in [1.807, 2.05) is 0 Å². The van der Waals surface area contributed by atoms with E-state index in [1.54, 1.807) is 19.1 Å². The van der Waals surface area contributed by atoms with Gasteiger partial charge in [0.05, 0.1) is 4.90 Å². The molecule has 0 amide bonds. The summed E-state index contributed by atoms with van der Waals surface area (Å²) in [6.45, 7) is 1.50. The molecule has 0 aliphatic carbocycles.